The van der Waals surface area contributed by atoms with Crippen LogP contribution in [0.4, 0.5) is 4.39 Å². The molecule has 3 aromatic rings. The standard InChI is InChI=1S/C20H18ClFN2O3S/c1-26-14-3-5-18-17(11-14)23-20(28-18)27-13-6-8-24(9-7-13)19(25)15-4-2-12(22)10-16(15)21/h2-5,10-11,13H,6-9H2,1H3. The molecular weight excluding hydrogens is 403 g/mol. The summed E-state index contributed by atoms with van der Waals surface area (Å²) in [6.07, 6.45) is 1.39. The SMILES string of the molecule is COc1ccc2sc(OC3CCN(C(=O)c4ccc(F)cc4Cl)CC3)nc2c1. The second-order valence-electron chi connectivity index (χ2n) is 6.55. The number of hydrogen-bond acceptors (Lipinski definition) is 5. The van der Waals surface area contributed by atoms with Gasteiger partial charge in [0.25, 0.3) is 11.1 Å². The number of hydrogen-bond donors (Lipinski definition) is 0. The van der Waals surface area contributed by atoms with Crippen LogP contribution in [0.2, 0.25) is 5.02 Å². The van der Waals surface area contributed by atoms with E-state index >= 15 is 0 Å². The topological polar surface area (TPSA) is 51.7 Å². The predicted molar refractivity (Wildman–Crippen MR) is 107 cm³/mol. The molecule has 1 fully saturated rings. The van der Waals surface area contributed by atoms with Crippen molar-refractivity contribution in [1.82, 2.24) is 9.88 Å². The van der Waals surface area contributed by atoms with Gasteiger partial charge in [0, 0.05) is 32.0 Å². The van der Waals surface area contributed by atoms with Crippen LogP contribution < -0.4 is 9.47 Å². The lowest BCUT2D eigenvalue weighted by Crippen LogP contribution is -2.41. The number of carbonyl (C=O) groups excluding carboxylic acids is 1. The van der Waals surface area contributed by atoms with Gasteiger partial charge in [-0.3, -0.25) is 4.79 Å². The number of fused-ring (bicyclic) bond motifs is 1. The largest absolute Gasteiger partial charge is 0.497 e. The Labute approximate surface area is 170 Å². The van der Waals surface area contributed by atoms with Gasteiger partial charge in [-0.25, -0.2) is 9.37 Å². The molecule has 1 amide bonds. The molecule has 1 aliphatic rings. The fourth-order valence-electron chi connectivity index (χ4n) is 3.22. The third-order valence-corrected chi connectivity index (χ3v) is 5.97. The van der Waals surface area contributed by atoms with E-state index in [0.29, 0.717) is 36.7 Å². The van der Waals surface area contributed by atoms with Gasteiger partial charge in [0.05, 0.1) is 27.9 Å². The number of amides is 1. The summed E-state index contributed by atoms with van der Waals surface area (Å²) in [6, 6.07) is 9.58. The van der Waals surface area contributed by atoms with Crippen molar-refractivity contribution in [3.05, 3.63) is 52.8 Å². The lowest BCUT2D eigenvalue weighted by atomic mass is 10.1. The minimum Gasteiger partial charge on any atom is -0.497 e. The normalized spacial score (nSPS) is 15.0. The zero-order valence-corrected chi connectivity index (χ0v) is 16.7. The molecule has 1 aliphatic heterocycles. The molecule has 8 heteroatoms. The number of methoxy groups -OCH3 is 1. The van der Waals surface area contributed by atoms with Crippen molar-refractivity contribution in [3.63, 3.8) is 0 Å². The van der Waals surface area contributed by atoms with Crippen LogP contribution in [0.3, 0.4) is 0 Å². The Balaban J connectivity index is 1.38. The van der Waals surface area contributed by atoms with E-state index in [1.165, 1.54) is 23.5 Å². The highest BCUT2D eigenvalue weighted by Crippen LogP contribution is 2.32. The summed E-state index contributed by atoms with van der Waals surface area (Å²) >= 11 is 7.51. The molecule has 0 aliphatic carbocycles. The van der Waals surface area contributed by atoms with Crippen molar-refractivity contribution in [2.75, 3.05) is 20.2 Å². The van der Waals surface area contributed by atoms with Gasteiger partial charge in [-0.15, -0.1) is 0 Å². The fraction of sp³-hybridized carbons (Fsp3) is 0.300. The Morgan fingerprint density at radius 3 is 2.75 bits per heavy atom. The first-order valence-corrected chi connectivity index (χ1v) is 10.1. The first-order valence-electron chi connectivity index (χ1n) is 8.89. The summed E-state index contributed by atoms with van der Waals surface area (Å²) < 4.78 is 25.5. The number of likely N-dealkylation sites (tertiary alicyclic amines) is 1. The third kappa shape index (κ3) is 3.91. The maximum Gasteiger partial charge on any atom is 0.274 e. The highest BCUT2D eigenvalue weighted by atomic mass is 35.5. The molecule has 0 atom stereocenters. The molecule has 28 heavy (non-hydrogen) atoms. The second kappa shape index (κ2) is 7.93. The summed E-state index contributed by atoms with van der Waals surface area (Å²) in [7, 11) is 1.62. The molecule has 0 unspecified atom stereocenters. The molecule has 146 valence electrons. The number of aromatic nitrogens is 1. The number of benzene rings is 2. The van der Waals surface area contributed by atoms with Crippen LogP contribution in [-0.4, -0.2) is 42.1 Å². The summed E-state index contributed by atoms with van der Waals surface area (Å²) in [5.74, 6) is 0.119. The summed E-state index contributed by atoms with van der Waals surface area (Å²) in [4.78, 5) is 18.9. The van der Waals surface area contributed by atoms with Gasteiger partial charge in [-0.05, 0) is 30.3 Å². The van der Waals surface area contributed by atoms with Crippen LogP contribution in [0.1, 0.15) is 23.2 Å². The highest BCUT2D eigenvalue weighted by Gasteiger charge is 2.26. The van der Waals surface area contributed by atoms with Gasteiger partial charge in [-0.2, -0.15) is 0 Å². The molecule has 1 saturated heterocycles. The molecule has 0 spiro atoms. The number of ether oxygens (including phenoxy) is 2. The molecule has 0 bridgehead atoms. The number of carbonyl (C=O) groups is 1. The predicted octanol–water partition coefficient (Wildman–Crippen LogP) is 4.78. The van der Waals surface area contributed by atoms with Gasteiger partial charge < -0.3 is 14.4 Å². The number of halogens is 2. The molecule has 0 N–H and O–H groups in total. The number of rotatable bonds is 4. The molecule has 5 nitrogen and oxygen atoms in total. The van der Waals surface area contributed by atoms with E-state index in [4.69, 9.17) is 21.1 Å². The van der Waals surface area contributed by atoms with Gasteiger partial charge >= 0.3 is 0 Å². The van der Waals surface area contributed by atoms with Crippen molar-refractivity contribution in [2.45, 2.75) is 18.9 Å². The van der Waals surface area contributed by atoms with Gasteiger partial charge in [-0.1, -0.05) is 22.9 Å². The Bertz CT molecular complexity index is 1020. The smallest absolute Gasteiger partial charge is 0.274 e. The summed E-state index contributed by atoms with van der Waals surface area (Å²) in [5.41, 5.74) is 1.17. The van der Waals surface area contributed by atoms with Crippen LogP contribution in [0.5, 0.6) is 10.9 Å². The van der Waals surface area contributed by atoms with E-state index in [-0.39, 0.29) is 17.0 Å². The van der Waals surface area contributed by atoms with Crippen molar-refractivity contribution >= 4 is 39.1 Å². The Kier molecular flexibility index (Phi) is 5.37. The summed E-state index contributed by atoms with van der Waals surface area (Å²) in [5, 5.41) is 0.753. The monoisotopic (exact) mass is 420 g/mol. The van der Waals surface area contributed by atoms with Crippen LogP contribution in [0, 0.1) is 5.82 Å². The van der Waals surface area contributed by atoms with E-state index < -0.39 is 5.82 Å². The van der Waals surface area contributed by atoms with E-state index in [0.717, 1.165) is 22.0 Å². The first-order chi connectivity index (χ1) is 13.5. The summed E-state index contributed by atoms with van der Waals surface area (Å²) in [6.45, 7) is 1.10. The molecular formula is C20H18ClFN2O3S. The maximum absolute atomic E-state index is 13.2. The lowest BCUT2D eigenvalue weighted by Gasteiger charge is -2.31. The van der Waals surface area contributed by atoms with Gasteiger partial charge in [0.15, 0.2) is 0 Å². The van der Waals surface area contributed by atoms with Gasteiger partial charge in [0.2, 0.25) is 0 Å². The first kappa shape index (κ1) is 19.0. The average Bonchev–Trinajstić information content (AvgIpc) is 3.09. The van der Waals surface area contributed by atoms with Crippen LogP contribution in [0.15, 0.2) is 36.4 Å². The van der Waals surface area contributed by atoms with E-state index in [1.807, 2.05) is 18.2 Å². The van der Waals surface area contributed by atoms with Crippen molar-refractivity contribution < 1.29 is 18.7 Å². The van der Waals surface area contributed by atoms with E-state index in [2.05, 4.69) is 4.98 Å². The molecule has 0 radical (unpaired) electrons. The van der Waals surface area contributed by atoms with Crippen molar-refractivity contribution in [1.29, 1.82) is 0 Å². The van der Waals surface area contributed by atoms with Crippen molar-refractivity contribution in [2.24, 2.45) is 0 Å². The lowest BCUT2D eigenvalue weighted by molar-refractivity contribution is 0.0595. The van der Waals surface area contributed by atoms with Crippen LogP contribution in [0.25, 0.3) is 10.2 Å². The van der Waals surface area contributed by atoms with Crippen LogP contribution >= 0.6 is 22.9 Å². The molecule has 4 rings (SSSR count). The molecule has 2 aromatic carbocycles. The van der Waals surface area contributed by atoms with Gasteiger partial charge in [0.1, 0.15) is 17.7 Å². The zero-order valence-electron chi connectivity index (χ0n) is 15.2. The fourth-order valence-corrected chi connectivity index (χ4v) is 4.33. The molecule has 1 aromatic heterocycles. The Morgan fingerprint density at radius 1 is 1.25 bits per heavy atom. The maximum atomic E-state index is 13.2. The zero-order chi connectivity index (χ0) is 19.7. The highest BCUT2D eigenvalue weighted by molar-refractivity contribution is 7.20. The second-order valence-corrected chi connectivity index (χ2v) is 7.95. The van der Waals surface area contributed by atoms with Crippen LogP contribution in [-0.2, 0) is 0 Å². The average molecular weight is 421 g/mol. The molecule has 2 heterocycles. The Morgan fingerprint density at radius 2 is 2.04 bits per heavy atom. The quantitative estimate of drug-likeness (QED) is 0.609. The minimum atomic E-state index is -0.456. The number of nitrogens with zero attached hydrogens (tertiary/aromatic N) is 2. The van der Waals surface area contributed by atoms with E-state index in [9.17, 15) is 9.18 Å². The number of thiazole rings is 1. The van der Waals surface area contributed by atoms with Crippen molar-refractivity contribution in [3.8, 4) is 10.9 Å². The van der Waals surface area contributed by atoms with E-state index in [1.54, 1.807) is 12.0 Å². The number of piperidine rings is 1. The minimum absolute atomic E-state index is 0.00445. The Hall–Kier alpha value is -2.38. The molecule has 0 saturated carbocycles. The third-order valence-electron chi connectivity index (χ3n) is 4.73.